The highest BCUT2D eigenvalue weighted by molar-refractivity contribution is 7.10. The summed E-state index contributed by atoms with van der Waals surface area (Å²) in [4.78, 5) is 11.7. The number of nitrogens with zero attached hydrogens (tertiary/aromatic N) is 2. The Bertz CT molecular complexity index is 549. The molecule has 17 heavy (non-hydrogen) atoms. The number of thiophene rings is 1. The molecule has 0 aliphatic carbocycles. The number of nitrogens with one attached hydrogen (secondary N) is 1. The van der Waals surface area contributed by atoms with Gasteiger partial charge in [0.2, 0.25) is 0 Å². The molecule has 0 unspecified atom stereocenters. The van der Waals surface area contributed by atoms with E-state index in [4.69, 9.17) is 5.11 Å². The molecule has 2 heterocycles. The SMILES string of the molecule is Cn1ncc(C(=O)O)c1NCc1ccc(F)s1. The molecule has 0 saturated carbocycles. The Hall–Kier alpha value is -1.89. The number of hydrogen-bond donors (Lipinski definition) is 2. The lowest BCUT2D eigenvalue weighted by Crippen LogP contribution is -2.08. The fourth-order valence-corrected chi connectivity index (χ4v) is 2.09. The van der Waals surface area contributed by atoms with Crippen LogP contribution in [-0.4, -0.2) is 20.9 Å². The maximum atomic E-state index is 12.8. The van der Waals surface area contributed by atoms with Crippen molar-refractivity contribution in [3.63, 3.8) is 0 Å². The molecule has 7 heteroatoms. The van der Waals surface area contributed by atoms with E-state index in [1.165, 1.54) is 16.9 Å². The second-order valence-corrected chi connectivity index (χ2v) is 4.51. The van der Waals surface area contributed by atoms with Crippen LogP contribution in [0.15, 0.2) is 18.3 Å². The summed E-state index contributed by atoms with van der Waals surface area (Å²) in [6, 6.07) is 3.03. The maximum absolute atomic E-state index is 12.8. The van der Waals surface area contributed by atoms with Gasteiger partial charge in [0, 0.05) is 11.9 Å². The zero-order valence-corrected chi connectivity index (χ0v) is 9.79. The second kappa shape index (κ2) is 4.54. The molecule has 5 nitrogen and oxygen atoms in total. The van der Waals surface area contributed by atoms with Gasteiger partial charge in [0.1, 0.15) is 11.4 Å². The number of aromatic nitrogens is 2. The number of carboxylic acid groups (broad SMARTS) is 1. The summed E-state index contributed by atoms with van der Waals surface area (Å²) in [7, 11) is 1.64. The number of anilines is 1. The minimum atomic E-state index is -1.04. The Morgan fingerprint density at radius 3 is 3.00 bits per heavy atom. The zero-order chi connectivity index (χ0) is 12.4. The number of hydrogen-bond acceptors (Lipinski definition) is 4. The third kappa shape index (κ3) is 2.44. The van der Waals surface area contributed by atoms with Crippen molar-refractivity contribution in [1.29, 1.82) is 0 Å². The molecule has 0 aromatic carbocycles. The van der Waals surface area contributed by atoms with Crippen LogP contribution in [0.5, 0.6) is 0 Å². The van der Waals surface area contributed by atoms with Crippen molar-refractivity contribution in [1.82, 2.24) is 9.78 Å². The van der Waals surface area contributed by atoms with E-state index >= 15 is 0 Å². The molecule has 0 fully saturated rings. The van der Waals surface area contributed by atoms with Crippen molar-refractivity contribution in [3.05, 3.63) is 33.9 Å². The summed E-state index contributed by atoms with van der Waals surface area (Å²) in [5.41, 5.74) is 0.101. The number of carboxylic acids is 1. The lowest BCUT2D eigenvalue weighted by molar-refractivity contribution is 0.0698. The van der Waals surface area contributed by atoms with Gasteiger partial charge in [-0.05, 0) is 12.1 Å². The Balaban J connectivity index is 2.13. The van der Waals surface area contributed by atoms with Gasteiger partial charge < -0.3 is 10.4 Å². The maximum Gasteiger partial charge on any atom is 0.341 e. The number of carbonyl (C=O) groups is 1. The van der Waals surface area contributed by atoms with Crippen LogP contribution in [0.25, 0.3) is 0 Å². The van der Waals surface area contributed by atoms with Crippen LogP contribution in [0, 0.1) is 5.13 Å². The molecule has 0 aliphatic rings. The first-order valence-electron chi connectivity index (χ1n) is 4.81. The lowest BCUT2D eigenvalue weighted by atomic mass is 10.3. The van der Waals surface area contributed by atoms with E-state index in [0.717, 1.165) is 16.2 Å². The van der Waals surface area contributed by atoms with Crippen molar-refractivity contribution < 1.29 is 14.3 Å². The van der Waals surface area contributed by atoms with Gasteiger partial charge in [0.05, 0.1) is 12.7 Å². The summed E-state index contributed by atoms with van der Waals surface area (Å²) in [5.74, 6) is -0.635. The minimum absolute atomic E-state index is 0.101. The fraction of sp³-hybridized carbons (Fsp3) is 0.200. The van der Waals surface area contributed by atoms with Crippen LogP contribution in [0.3, 0.4) is 0 Å². The number of aryl methyl sites for hydroxylation is 1. The molecular formula is C10H10FN3O2S. The zero-order valence-electron chi connectivity index (χ0n) is 8.98. The van der Waals surface area contributed by atoms with E-state index in [-0.39, 0.29) is 10.7 Å². The predicted molar refractivity (Wildman–Crippen MR) is 61.8 cm³/mol. The van der Waals surface area contributed by atoms with E-state index in [0.29, 0.717) is 12.4 Å². The largest absolute Gasteiger partial charge is 0.477 e. The van der Waals surface area contributed by atoms with Gasteiger partial charge in [-0.3, -0.25) is 4.68 Å². The Morgan fingerprint density at radius 1 is 1.65 bits per heavy atom. The highest BCUT2D eigenvalue weighted by Gasteiger charge is 2.14. The Morgan fingerprint density at radius 2 is 2.41 bits per heavy atom. The van der Waals surface area contributed by atoms with E-state index in [2.05, 4.69) is 10.4 Å². The fourth-order valence-electron chi connectivity index (χ4n) is 1.42. The first-order chi connectivity index (χ1) is 8.08. The van der Waals surface area contributed by atoms with Gasteiger partial charge in [0.25, 0.3) is 0 Å². The molecule has 0 atom stereocenters. The summed E-state index contributed by atoms with van der Waals surface area (Å²) in [5, 5.41) is 15.5. The summed E-state index contributed by atoms with van der Waals surface area (Å²) in [6.45, 7) is 0.369. The van der Waals surface area contributed by atoms with Gasteiger partial charge in [-0.1, -0.05) is 0 Å². The molecular weight excluding hydrogens is 245 g/mol. The van der Waals surface area contributed by atoms with Crippen molar-refractivity contribution >= 4 is 23.1 Å². The van der Waals surface area contributed by atoms with Crippen LogP contribution < -0.4 is 5.32 Å². The molecule has 0 aliphatic heterocycles. The second-order valence-electron chi connectivity index (χ2n) is 3.39. The molecule has 0 spiro atoms. The summed E-state index contributed by atoms with van der Waals surface area (Å²) < 4.78 is 14.2. The smallest absolute Gasteiger partial charge is 0.341 e. The first kappa shape index (κ1) is 11.6. The van der Waals surface area contributed by atoms with Crippen LogP contribution in [0.2, 0.25) is 0 Å². The molecule has 0 saturated heterocycles. The highest BCUT2D eigenvalue weighted by Crippen LogP contribution is 2.18. The average molecular weight is 255 g/mol. The topological polar surface area (TPSA) is 67.2 Å². The third-order valence-electron chi connectivity index (χ3n) is 2.23. The number of aromatic carboxylic acids is 1. The normalized spacial score (nSPS) is 10.5. The monoisotopic (exact) mass is 255 g/mol. The van der Waals surface area contributed by atoms with Gasteiger partial charge in [0.15, 0.2) is 5.13 Å². The molecule has 2 aromatic heterocycles. The predicted octanol–water partition coefficient (Wildman–Crippen LogP) is 1.93. The van der Waals surface area contributed by atoms with E-state index < -0.39 is 5.97 Å². The van der Waals surface area contributed by atoms with Gasteiger partial charge in [-0.25, -0.2) is 4.79 Å². The van der Waals surface area contributed by atoms with Crippen LogP contribution in [0.4, 0.5) is 10.2 Å². The molecule has 0 bridgehead atoms. The van der Waals surface area contributed by atoms with Gasteiger partial charge in [-0.15, -0.1) is 11.3 Å². The summed E-state index contributed by atoms with van der Waals surface area (Å²) >= 11 is 1.02. The van der Waals surface area contributed by atoms with Crippen LogP contribution >= 0.6 is 11.3 Å². The van der Waals surface area contributed by atoms with Crippen molar-refractivity contribution in [3.8, 4) is 0 Å². The van der Waals surface area contributed by atoms with Crippen LogP contribution in [-0.2, 0) is 13.6 Å². The number of halogens is 1. The Kier molecular flexibility index (Phi) is 3.10. The average Bonchev–Trinajstić information content (AvgIpc) is 2.82. The molecule has 0 radical (unpaired) electrons. The van der Waals surface area contributed by atoms with Crippen LogP contribution in [0.1, 0.15) is 15.2 Å². The standard InChI is InChI=1S/C10H10FN3O2S/c1-14-9(7(5-13-14)10(15)16)12-4-6-2-3-8(11)17-6/h2-3,5,12H,4H2,1H3,(H,15,16). The van der Waals surface area contributed by atoms with Crippen molar-refractivity contribution in [2.24, 2.45) is 7.05 Å². The van der Waals surface area contributed by atoms with Gasteiger partial charge >= 0.3 is 5.97 Å². The third-order valence-corrected chi connectivity index (χ3v) is 3.10. The number of rotatable bonds is 4. The Labute approximate surface area is 101 Å². The quantitative estimate of drug-likeness (QED) is 0.876. The van der Waals surface area contributed by atoms with E-state index in [1.54, 1.807) is 13.1 Å². The highest BCUT2D eigenvalue weighted by atomic mass is 32.1. The van der Waals surface area contributed by atoms with E-state index in [9.17, 15) is 9.18 Å². The minimum Gasteiger partial charge on any atom is -0.477 e. The molecule has 2 N–H and O–H groups in total. The van der Waals surface area contributed by atoms with E-state index in [1.807, 2.05) is 0 Å². The lowest BCUT2D eigenvalue weighted by Gasteiger charge is -2.06. The molecule has 2 aromatic rings. The van der Waals surface area contributed by atoms with Gasteiger partial charge in [-0.2, -0.15) is 9.49 Å². The molecule has 2 rings (SSSR count). The summed E-state index contributed by atoms with van der Waals surface area (Å²) in [6.07, 6.45) is 1.28. The molecule has 0 amide bonds. The van der Waals surface area contributed by atoms with Crippen molar-refractivity contribution in [2.75, 3.05) is 5.32 Å². The van der Waals surface area contributed by atoms with Crippen molar-refractivity contribution in [2.45, 2.75) is 6.54 Å². The molecule has 90 valence electrons. The first-order valence-corrected chi connectivity index (χ1v) is 5.63.